The van der Waals surface area contributed by atoms with Gasteiger partial charge in [-0.15, -0.1) is 0 Å². The van der Waals surface area contributed by atoms with Gasteiger partial charge in [0.2, 0.25) is 5.91 Å². The SMILES string of the molecule is NC1CCN(CC(=O)N2CCC[C@H]3CCCC[C@H]32)CC1. The first kappa shape index (κ1) is 14.3. The molecule has 2 atom stereocenters. The Bertz CT molecular complexity index is 337. The predicted octanol–water partition coefficient (Wildman–Crippen LogP) is 1.59. The van der Waals surface area contributed by atoms with E-state index in [4.69, 9.17) is 5.73 Å². The second kappa shape index (κ2) is 6.44. The van der Waals surface area contributed by atoms with Gasteiger partial charge >= 0.3 is 0 Å². The second-order valence-electron chi connectivity index (χ2n) is 6.95. The summed E-state index contributed by atoms with van der Waals surface area (Å²) >= 11 is 0. The number of fused-ring (bicyclic) bond motifs is 1. The lowest BCUT2D eigenvalue weighted by Crippen LogP contribution is -2.53. The van der Waals surface area contributed by atoms with E-state index >= 15 is 0 Å². The number of piperidine rings is 2. The molecular formula is C16H29N3O. The lowest BCUT2D eigenvalue weighted by molar-refractivity contribution is -0.139. The molecule has 4 heteroatoms. The van der Waals surface area contributed by atoms with E-state index in [2.05, 4.69) is 9.80 Å². The van der Waals surface area contributed by atoms with Crippen molar-refractivity contribution >= 4 is 5.91 Å². The summed E-state index contributed by atoms with van der Waals surface area (Å²) in [7, 11) is 0. The molecule has 0 aromatic carbocycles. The Morgan fingerprint density at radius 2 is 1.65 bits per heavy atom. The molecule has 1 amide bonds. The Morgan fingerprint density at radius 1 is 0.950 bits per heavy atom. The van der Waals surface area contributed by atoms with Gasteiger partial charge in [-0.2, -0.15) is 0 Å². The minimum atomic E-state index is 0.346. The van der Waals surface area contributed by atoms with E-state index in [1.165, 1.54) is 38.5 Å². The summed E-state index contributed by atoms with van der Waals surface area (Å²) in [4.78, 5) is 17.2. The first-order valence-electron chi connectivity index (χ1n) is 8.51. The van der Waals surface area contributed by atoms with Crippen LogP contribution in [0.4, 0.5) is 0 Å². The van der Waals surface area contributed by atoms with Crippen LogP contribution in [-0.4, -0.2) is 54.0 Å². The maximum Gasteiger partial charge on any atom is 0.237 e. The van der Waals surface area contributed by atoms with Crippen molar-refractivity contribution in [2.45, 2.75) is 63.5 Å². The van der Waals surface area contributed by atoms with Crippen LogP contribution in [0, 0.1) is 5.92 Å². The van der Waals surface area contributed by atoms with Crippen molar-refractivity contribution in [3.8, 4) is 0 Å². The number of rotatable bonds is 2. The van der Waals surface area contributed by atoms with Gasteiger partial charge in [-0.1, -0.05) is 12.8 Å². The lowest BCUT2D eigenvalue weighted by Gasteiger charge is -2.45. The van der Waals surface area contributed by atoms with Gasteiger partial charge in [0.15, 0.2) is 0 Å². The summed E-state index contributed by atoms with van der Waals surface area (Å²) in [6.45, 7) is 3.60. The van der Waals surface area contributed by atoms with Crippen LogP contribution in [0.3, 0.4) is 0 Å². The molecular weight excluding hydrogens is 250 g/mol. The Hall–Kier alpha value is -0.610. The molecule has 2 heterocycles. The maximum absolute atomic E-state index is 12.7. The summed E-state index contributed by atoms with van der Waals surface area (Å²) in [5.41, 5.74) is 5.94. The Morgan fingerprint density at radius 3 is 2.45 bits per heavy atom. The zero-order chi connectivity index (χ0) is 13.9. The molecule has 20 heavy (non-hydrogen) atoms. The molecule has 3 fully saturated rings. The van der Waals surface area contributed by atoms with E-state index in [0.717, 1.165) is 38.4 Å². The average Bonchev–Trinajstić information content (AvgIpc) is 2.49. The molecule has 0 radical (unpaired) electrons. The Kier molecular flexibility index (Phi) is 4.61. The van der Waals surface area contributed by atoms with Crippen LogP contribution < -0.4 is 5.73 Å². The molecule has 2 saturated heterocycles. The molecule has 1 saturated carbocycles. The molecule has 114 valence electrons. The van der Waals surface area contributed by atoms with Crippen molar-refractivity contribution in [3.05, 3.63) is 0 Å². The van der Waals surface area contributed by atoms with Crippen molar-refractivity contribution < 1.29 is 4.79 Å². The monoisotopic (exact) mass is 279 g/mol. The van der Waals surface area contributed by atoms with E-state index in [1.807, 2.05) is 0 Å². The summed E-state index contributed by atoms with van der Waals surface area (Å²) in [6.07, 6.45) is 9.88. The van der Waals surface area contributed by atoms with E-state index < -0.39 is 0 Å². The van der Waals surface area contributed by atoms with E-state index in [-0.39, 0.29) is 0 Å². The number of likely N-dealkylation sites (tertiary alicyclic amines) is 2. The number of nitrogens with two attached hydrogens (primary N) is 1. The molecule has 2 N–H and O–H groups in total. The largest absolute Gasteiger partial charge is 0.338 e. The molecule has 0 aromatic heterocycles. The summed E-state index contributed by atoms with van der Waals surface area (Å²) in [5.74, 6) is 1.16. The third kappa shape index (κ3) is 3.17. The Labute approximate surface area is 122 Å². The summed E-state index contributed by atoms with van der Waals surface area (Å²) < 4.78 is 0. The van der Waals surface area contributed by atoms with E-state index in [0.29, 0.717) is 24.5 Å². The smallest absolute Gasteiger partial charge is 0.237 e. The number of hydrogen-bond donors (Lipinski definition) is 1. The van der Waals surface area contributed by atoms with Gasteiger partial charge in [0.1, 0.15) is 0 Å². The fraction of sp³-hybridized carbons (Fsp3) is 0.938. The number of carbonyl (C=O) groups is 1. The molecule has 0 bridgehead atoms. The molecule has 0 spiro atoms. The van der Waals surface area contributed by atoms with Crippen molar-refractivity contribution in [2.24, 2.45) is 11.7 Å². The molecule has 0 unspecified atom stereocenters. The number of hydrogen-bond acceptors (Lipinski definition) is 3. The minimum Gasteiger partial charge on any atom is -0.338 e. The molecule has 3 aliphatic rings. The first-order valence-corrected chi connectivity index (χ1v) is 8.51. The van der Waals surface area contributed by atoms with Gasteiger partial charge in [-0.25, -0.2) is 0 Å². The highest BCUT2D eigenvalue weighted by molar-refractivity contribution is 5.78. The van der Waals surface area contributed by atoms with Gasteiger partial charge in [0, 0.05) is 31.7 Å². The average molecular weight is 279 g/mol. The van der Waals surface area contributed by atoms with Crippen LogP contribution in [-0.2, 0) is 4.79 Å². The van der Waals surface area contributed by atoms with Crippen LogP contribution in [0.1, 0.15) is 51.4 Å². The highest BCUT2D eigenvalue weighted by atomic mass is 16.2. The predicted molar refractivity (Wildman–Crippen MR) is 80.3 cm³/mol. The molecule has 2 aliphatic heterocycles. The zero-order valence-electron chi connectivity index (χ0n) is 12.6. The van der Waals surface area contributed by atoms with E-state index in [9.17, 15) is 4.79 Å². The van der Waals surface area contributed by atoms with Crippen molar-refractivity contribution in [1.29, 1.82) is 0 Å². The minimum absolute atomic E-state index is 0.346. The van der Waals surface area contributed by atoms with Gasteiger partial charge in [0.05, 0.1) is 6.54 Å². The Balaban J connectivity index is 1.55. The molecule has 1 aliphatic carbocycles. The van der Waals surface area contributed by atoms with Crippen LogP contribution in [0.15, 0.2) is 0 Å². The fourth-order valence-corrected chi connectivity index (χ4v) is 4.33. The second-order valence-corrected chi connectivity index (χ2v) is 6.95. The highest BCUT2D eigenvalue weighted by Gasteiger charge is 2.36. The third-order valence-electron chi connectivity index (χ3n) is 5.55. The topological polar surface area (TPSA) is 49.6 Å². The summed E-state index contributed by atoms with van der Waals surface area (Å²) in [5, 5.41) is 0. The third-order valence-corrected chi connectivity index (χ3v) is 5.55. The maximum atomic E-state index is 12.7. The molecule has 4 nitrogen and oxygen atoms in total. The quantitative estimate of drug-likeness (QED) is 0.835. The van der Waals surface area contributed by atoms with Gasteiger partial charge < -0.3 is 10.6 Å². The van der Waals surface area contributed by atoms with Crippen molar-refractivity contribution in [3.63, 3.8) is 0 Å². The normalized spacial score (nSPS) is 33.0. The van der Waals surface area contributed by atoms with Gasteiger partial charge in [-0.05, 0) is 44.4 Å². The number of carbonyl (C=O) groups excluding carboxylic acids is 1. The van der Waals surface area contributed by atoms with Gasteiger partial charge in [-0.3, -0.25) is 9.69 Å². The lowest BCUT2D eigenvalue weighted by atomic mass is 9.78. The van der Waals surface area contributed by atoms with Crippen LogP contribution in [0.25, 0.3) is 0 Å². The molecule has 0 aromatic rings. The van der Waals surface area contributed by atoms with Crippen LogP contribution in [0.5, 0.6) is 0 Å². The first-order chi connectivity index (χ1) is 9.74. The zero-order valence-corrected chi connectivity index (χ0v) is 12.6. The number of nitrogens with zero attached hydrogens (tertiary/aromatic N) is 2. The van der Waals surface area contributed by atoms with Crippen LogP contribution >= 0.6 is 0 Å². The summed E-state index contributed by atoms with van der Waals surface area (Å²) in [6, 6.07) is 0.899. The van der Waals surface area contributed by atoms with Crippen LogP contribution in [0.2, 0.25) is 0 Å². The highest BCUT2D eigenvalue weighted by Crippen LogP contribution is 2.35. The van der Waals surface area contributed by atoms with E-state index in [1.54, 1.807) is 0 Å². The fourth-order valence-electron chi connectivity index (χ4n) is 4.33. The van der Waals surface area contributed by atoms with Gasteiger partial charge in [0.25, 0.3) is 0 Å². The van der Waals surface area contributed by atoms with Crippen molar-refractivity contribution in [1.82, 2.24) is 9.80 Å². The van der Waals surface area contributed by atoms with Crippen molar-refractivity contribution in [2.75, 3.05) is 26.2 Å². The molecule has 3 rings (SSSR count). The standard InChI is InChI=1S/C16H29N3O/c17-14-7-10-18(11-8-14)12-16(20)19-9-3-5-13-4-1-2-6-15(13)19/h13-15H,1-12,17H2/t13-,15-/m1/s1. The number of amides is 1.